The van der Waals surface area contributed by atoms with Gasteiger partial charge in [-0.05, 0) is 46.3 Å². The van der Waals surface area contributed by atoms with Crippen molar-refractivity contribution in [2.24, 2.45) is 11.7 Å². The molecule has 0 aromatic carbocycles. The van der Waals surface area contributed by atoms with Crippen LogP contribution in [0.15, 0.2) is 33.7 Å². The van der Waals surface area contributed by atoms with Gasteiger partial charge < -0.3 is 5.73 Å². The molecule has 6 heteroatoms. The largest absolute Gasteiger partial charge is 0.330 e. The van der Waals surface area contributed by atoms with Crippen LogP contribution in [0.1, 0.15) is 12.6 Å². The average Bonchev–Trinajstić information content (AvgIpc) is 2.39. The topological polar surface area (TPSA) is 60.4 Å². The molecule has 0 bridgehead atoms. The second kappa shape index (κ2) is 6.54. The Kier molecular flexibility index (Phi) is 5.01. The minimum absolute atomic E-state index is 0.0474. The summed E-state index contributed by atoms with van der Waals surface area (Å²) in [5, 5.41) is 0. The van der Waals surface area contributed by atoms with Crippen LogP contribution in [0.4, 0.5) is 0 Å². The van der Waals surface area contributed by atoms with Gasteiger partial charge in [0.2, 0.25) is 0 Å². The Balaban J connectivity index is 2.17. The molecule has 0 saturated heterocycles. The molecule has 0 aliphatic rings. The summed E-state index contributed by atoms with van der Waals surface area (Å²) in [6.45, 7) is 2.81. The van der Waals surface area contributed by atoms with Crippen molar-refractivity contribution < 1.29 is 0 Å². The lowest BCUT2D eigenvalue weighted by Crippen LogP contribution is -2.16. The van der Waals surface area contributed by atoms with Crippen molar-refractivity contribution in [2.45, 2.75) is 12.7 Å². The molecule has 2 heterocycles. The number of nitrogens with zero attached hydrogens (tertiary/aromatic N) is 2. The van der Waals surface area contributed by atoms with Crippen LogP contribution in [0.2, 0.25) is 0 Å². The minimum Gasteiger partial charge on any atom is -0.330 e. The van der Waals surface area contributed by atoms with Crippen molar-refractivity contribution in [3.63, 3.8) is 0 Å². The lowest BCUT2D eigenvalue weighted by Gasteiger charge is -2.08. The highest BCUT2D eigenvalue weighted by Crippen LogP contribution is 2.14. The van der Waals surface area contributed by atoms with E-state index in [0.29, 0.717) is 18.1 Å². The zero-order valence-electron chi connectivity index (χ0n) is 10.7. The minimum atomic E-state index is -0.0474. The van der Waals surface area contributed by atoms with Gasteiger partial charge in [0.15, 0.2) is 0 Å². The van der Waals surface area contributed by atoms with Gasteiger partial charge in [0.25, 0.3) is 5.56 Å². The van der Waals surface area contributed by atoms with Crippen LogP contribution in [-0.2, 0) is 5.75 Å². The normalized spacial score (nSPS) is 12.8. The zero-order chi connectivity index (χ0) is 13.8. The van der Waals surface area contributed by atoms with Crippen LogP contribution in [-0.4, -0.2) is 21.7 Å². The average molecular weight is 342 g/mol. The fourth-order valence-corrected chi connectivity index (χ4v) is 2.98. The number of hydrogen-bond donors (Lipinski definition) is 1. The summed E-state index contributed by atoms with van der Waals surface area (Å²) < 4.78 is 2.41. The number of fused-ring (bicyclic) bond motifs is 1. The predicted octanol–water partition coefficient (Wildman–Crippen LogP) is 2.29. The second-order valence-corrected chi connectivity index (χ2v) is 6.46. The number of hydrogen-bond acceptors (Lipinski definition) is 4. The Morgan fingerprint density at radius 1 is 1.53 bits per heavy atom. The predicted molar refractivity (Wildman–Crippen MR) is 83.5 cm³/mol. The van der Waals surface area contributed by atoms with E-state index in [9.17, 15) is 4.79 Å². The summed E-state index contributed by atoms with van der Waals surface area (Å²) >= 11 is 5.11. The van der Waals surface area contributed by atoms with E-state index in [1.54, 1.807) is 28.4 Å². The summed E-state index contributed by atoms with van der Waals surface area (Å²) in [6.07, 6.45) is 1.73. The summed E-state index contributed by atoms with van der Waals surface area (Å²) in [5.41, 5.74) is 7.03. The second-order valence-electron chi connectivity index (χ2n) is 4.52. The van der Waals surface area contributed by atoms with Crippen molar-refractivity contribution in [2.75, 3.05) is 12.3 Å². The molecule has 1 unspecified atom stereocenters. The summed E-state index contributed by atoms with van der Waals surface area (Å²) in [4.78, 5) is 16.5. The molecular weight excluding hydrogens is 326 g/mol. The molecule has 0 radical (unpaired) electrons. The van der Waals surface area contributed by atoms with Gasteiger partial charge in [-0.3, -0.25) is 9.20 Å². The van der Waals surface area contributed by atoms with E-state index in [-0.39, 0.29) is 5.56 Å². The highest BCUT2D eigenvalue weighted by Gasteiger charge is 2.04. The van der Waals surface area contributed by atoms with Gasteiger partial charge in [-0.2, -0.15) is 11.8 Å². The van der Waals surface area contributed by atoms with Crippen molar-refractivity contribution >= 4 is 33.3 Å². The molecule has 0 spiro atoms. The van der Waals surface area contributed by atoms with Crippen LogP contribution in [0.25, 0.3) is 5.65 Å². The first-order valence-electron chi connectivity index (χ1n) is 6.06. The standard InChI is InChI=1S/C13H16BrN3OS/c1-9(5-15)7-19-8-11-4-13(18)17-6-10(14)2-3-12(17)16-11/h2-4,6,9H,5,7-8,15H2,1H3. The first-order chi connectivity index (χ1) is 9.10. The number of nitrogens with two attached hydrogens (primary N) is 1. The SMILES string of the molecule is CC(CN)CSCc1cc(=O)n2cc(Br)ccc2n1. The Bertz CT molecular complexity index is 629. The van der Waals surface area contributed by atoms with Crippen molar-refractivity contribution in [1.82, 2.24) is 9.38 Å². The van der Waals surface area contributed by atoms with Gasteiger partial charge in [0.1, 0.15) is 5.65 Å². The van der Waals surface area contributed by atoms with E-state index < -0.39 is 0 Å². The van der Waals surface area contributed by atoms with Crippen LogP contribution in [0.5, 0.6) is 0 Å². The molecule has 0 amide bonds. The number of pyridine rings is 1. The number of thioether (sulfide) groups is 1. The van der Waals surface area contributed by atoms with Gasteiger partial charge in [-0.15, -0.1) is 0 Å². The maximum atomic E-state index is 12.0. The third-order valence-electron chi connectivity index (χ3n) is 2.73. The van der Waals surface area contributed by atoms with Crippen LogP contribution in [0.3, 0.4) is 0 Å². The van der Waals surface area contributed by atoms with Gasteiger partial charge in [-0.1, -0.05) is 6.92 Å². The molecular formula is C13H16BrN3OS. The highest BCUT2D eigenvalue weighted by molar-refractivity contribution is 9.10. The smallest absolute Gasteiger partial charge is 0.258 e. The highest BCUT2D eigenvalue weighted by atomic mass is 79.9. The Morgan fingerprint density at radius 3 is 3.05 bits per heavy atom. The Hall–Kier alpha value is -0.850. The first kappa shape index (κ1) is 14.6. The molecule has 19 heavy (non-hydrogen) atoms. The van der Waals surface area contributed by atoms with Gasteiger partial charge >= 0.3 is 0 Å². The molecule has 0 fully saturated rings. The van der Waals surface area contributed by atoms with Gasteiger partial charge in [0.05, 0.1) is 5.69 Å². The van der Waals surface area contributed by atoms with Crippen LogP contribution in [0, 0.1) is 5.92 Å². The lowest BCUT2D eigenvalue weighted by atomic mass is 10.2. The summed E-state index contributed by atoms with van der Waals surface area (Å²) in [6, 6.07) is 5.32. The van der Waals surface area contributed by atoms with E-state index in [2.05, 4.69) is 27.8 Å². The summed E-state index contributed by atoms with van der Waals surface area (Å²) in [5.74, 6) is 2.21. The molecule has 102 valence electrons. The molecule has 0 aliphatic heterocycles. The van der Waals surface area contributed by atoms with Gasteiger partial charge in [-0.25, -0.2) is 4.98 Å². The lowest BCUT2D eigenvalue weighted by molar-refractivity contribution is 0.675. The Labute approximate surface area is 124 Å². The molecule has 2 aromatic heterocycles. The molecule has 1 atom stereocenters. The number of rotatable bonds is 5. The fraction of sp³-hybridized carbons (Fsp3) is 0.385. The first-order valence-corrected chi connectivity index (χ1v) is 8.00. The molecule has 2 rings (SSSR count). The molecule has 4 nitrogen and oxygen atoms in total. The van der Waals surface area contributed by atoms with Crippen LogP contribution >= 0.6 is 27.7 Å². The maximum Gasteiger partial charge on any atom is 0.258 e. The van der Waals surface area contributed by atoms with Crippen LogP contribution < -0.4 is 11.3 Å². The number of aromatic nitrogens is 2. The van der Waals surface area contributed by atoms with Crippen molar-refractivity contribution in [3.8, 4) is 0 Å². The summed E-state index contributed by atoms with van der Waals surface area (Å²) in [7, 11) is 0. The van der Waals surface area contributed by atoms with Gasteiger partial charge in [0, 0.05) is 22.5 Å². The van der Waals surface area contributed by atoms with E-state index in [4.69, 9.17) is 5.73 Å². The van der Waals surface area contributed by atoms with Crippen molar-refractivity contribution in [3.05, 3.63) is 44.9 Å². The molecule has 0 saturated carbocycles. The third kappa shape index (κ3) is 3.81. The fourth-order valence-electron chi connectivity index (χ4n) is 1.63. The monoisotopic (exact) mass is 341 g/mol. The zero-order valence-corrected chi connectivity index (χ0v) is 13.1. The number of halogens is 1. The van der Waals surface area contributed by atoms with E-state index in [1.165, 1.54) is 0 Å². The molecule has 2 N–H and O–H groups in total. The third-order valence-corrected chi connectivity index (χ3v) is 4.50. The van der Waals surface area contributed by atoms with Crippen molar-refractivity contribution in [1.29, 1.82) is 0 Å². The van der Waals surface area contributed by atoms with E-state index in [1.807, 2.05) is 12.1 Å². The molecule has 2 aromatic rings. The maximum absolute atomic E-state index is 12.0. The quantitative estimate of drug-likeness (QED) is 0.906. The van der Waals surface area contributed by atoms with E-state index in [0.717, 1.165) is 21.7 Å². The Morgan fingerprint density at radius 2 is 2.32 bits per heavy atom. The molecule has 0 aliphatic carbocycles. The van der Waals surface area contributed by atoms with E-state index >= 15 is 0 Å².